The summed E-state index contributed by atoms with van der Waals surface area (Å²) < 4.78 is 0. The number of rotatable bonds is 6. The molecule has 0 saturated heterocycles. The second-order valence-corrected chi connectivity index (χ2v) is 3.91. The molecule has 11 heavy (non-hydrogen) atoms. The average molecular weight is 221 g/mol. The first kappa shape index (κ1) is 11.2. The Kier molecular flexibility index (Phi) is 6.93. The van der Waals surface area contributed by atoms with Gasteiger partial charge >= 0.3 is 0 Å². The number of carbonyl (C=O) groups is 1. The molecule has 0 aromatic heterocycles. The Morgan fingerprint density at radius 1 is 1.27 bits per heavy atom. The van der Waals surface area contributed by atoms with Crippen LogP contribution in [0.1, 0.15) is 39.5 Å². The van der Waals surface area contributed by atoms with Crippen molar-refractivity contribution in [1.29, 1.82) is 0 Å². The lowest BCUT2D eigenvalue weighted by Crippen LogP contribution is -2.05. The molecule has 0 fully saturated rings. The number of unbranched alkanes of at least 4 members (excludes halogenated alkanes) is 2. The fourth-order valence-corrected chi connectivity index (χ4v) is 1.26. The van der Waals surface area contributed by atoms with Gasteiger partial charge in [0.25, 0.3) is 0 Å². The Bertz CT molecular complexity index is 110. The van der Waals surface area contributed by atoms with Gasteiger partial charge in [-0.25, -0.2) is 0 Å². The van der Waals surface area contributed by atoms with Gasteiger partial charge in [-0.05, 0) is 12.8 Å². The van der Waals surface area contributed by atoms with E-state index in [0.717, 1.165) is 18.2 Å². The average Bonchev–Trinajstić information content (AvgIpc) is 1.97. The molecule has 0 N–H and O–H groups in total. The molecular formula is C9H17BrO. The molecule has 0 aliphatic carbocycles. The van der Waals surface area contributed by atoms with Gasteiger partial charge in [0.15, 0.2) is 0 Å². The molecule has 0 atom stereocenters. The highest BCUT2D eigenvalue weighted by molar-refractivity contribution is 9.09. The normalized spacial score (nSPS) is 10.5. The van der Waals surface area contributed by atoms with Gasteiger partial charge in [-0.1, -0.05) is 36.2 Å². The van der Waals surface area contributed by atoms with Gasteiger partial charge in [0.05, 0.1) is 0 Å². The Morgan fingerprint density at radius 3 is 2.36 bits per heavy atom. The van der Waals surface area contributed by atoms with Gasteiger partial charge in [0, 0.05) is 17.7 Å². The van der Waals surface area contributed by atoms with Crippen LogP contribution in [0, 0.1) is 5.92 Å². The van der Waals surface area contributed by atoms with Crippen molar-refractivity contribution in [3.8, 4) is 0 Å². The summed E-state index contributed by atoms with van der Waals surface area (Å²) in [7, 11) is 0. The number of Topliss-reactive ketones (excluding diaryl/α,β-unsaturated/α-hetero) is 1. The molecule has 0 aliphatic rings. The number of hydrogen-bond donors (Lipinski definition) is 0. The fraction of sp³-hybridized carbons (Fsp3) is 0.889. The number of carbonyl (C=O) groups excluding carboxylic acids is 1. The van der Waals surface area contributed by atoms with Crippen LogP contribution in [0.2, 0.25) is 0 Å². The zero-order valence-corrected chi connectivity index (χ0v) is 8.99. The molecule has 0 aromatic carbocycles. The molecule has 0 aromatic rings. The quantitative estimate of drug-likeness (QED) is 0.497. The van der Waals surface area contributed by atoms with E-state index in [-0.39, 0.29) is 5.92 Å². The zero-order valence-electron chi connectivity index (χ0n) is 7.40. The van der Waals surface area contributed by atoms with Crippen molar-refractivity contribution in [2.24, 2.45) is 5.92 Å². The standard InChI is InChI=1S/C9H17BrO/c1-8(2)9(11)6-4-3-5-7-10/h8H,3-7H2,1-2H3. The SMILES string of the molecule is CC(C)C(=O)CCCCCBr. The van der Waals surface area contributed by atoms with Crippen molar-refractivity contribution in [2.75, 3.05) is 5.33 Å². The van der Waals surface area contributed by atoms with E-state index in [1.54, 1.807) is 0 Å². The predicted octanol–water partition coefficient (Wildman–Crippen LogP) is 3.17. The molecule has 1 nitrogen and oxygen atoms in total. The minimum absolute atomic E-state index is 0.221. The monoisotopic (exact) mass is 220 g/mol. The number of halogens is 1. The minimum Gasteiger partial charge on any atom is -0.299 e. The maximum atomic E-state index is 11.1. The summed E-state index contributed by atoms with van der Waals surface area (Å²) in [6.07, 6.45) is 4.18. The smallest absolute Gasteiger partial charge is 0.135 e. The van der Waals surface area contributed by atoms with Crippen LogP contribution < -0.4 is 0 Å². The summed E-state index contributed by atoms with van der Waals surface area (Å²) in [5, 5.41) is 1.06. The van der Waals surface area contributed by atoms with E-state index in [9.17, 15) is 4.79 Å². The molecule has 0 rings (SSSR count). The number of ketones is 1. The lowest BCUT2D eigenvalue weighted by Gasteiger charge is -2.02. The summed E-state index contributed by atoms with van der Waals surface area (Å²) in [4.78, 5) is 11.1. The van der Waals surface area contributed by atoms with Crippen molar-refractivity contribution >= 4 is 21.7 Å². The summed E-state index contributed by atoms with van der Waals surface area (Å²) in [5.41, 5.74) is 0. The molecule has 0 saturated carbocycles. The summed E-state index contributed by atoms with van der Waals surface area (Å²) >= 11 is 3.36. The van der Waals surface area contributed by atoms with E-state index in [4.69, 9.17) is 0 Å². The topological polar surface area (TPSA) is 17.1 Å². The van der Waals surface area contributed by atoms with Crippen LogP contribution in [0.5, 0.6) is 0 Å². The van der Waals surface area contributed by atoms with E-state index in [2.05, 4.69) is 15.9 Å². The van der Waals surface area contributed by atoms with Crippen molar-refractivity contribution in [3.05, 3.63) is 0 Å². The van der Waals surface area contributed by atoms with Crippen molar-refractivity contribution in [3.63, 3.8) is 0 Å². The van der Waals surface area contributed by atoms with Gasteiger partial charge in [-0.3, -0.25) is 4.79 Å². The molecule has 0 radical (unpaired) electrons. The molecule has 66 valence electrons. The lowest BCUT2D eigenvalue weighted by molar-refractivity contribution is -0.122. The Balaban J connectivity index is 3.18. The Morgan fingerprint density at radius 2 is 1.91 bits per heavy atom. The molecular weight excluding hydrogens is 204 g/mol. The first-order valence-corrected chi connectivity index (χ1v) is 5.39. The number of hydrogen-bond acceptors (Lipinski definition) is 1. The van der Waals surface area contributed by atoms with Gasteiger partial charge < -0.3 is 0 Å². The molecule has 0 heterocycles. The third-order valence-electron chi connectivity index (χ3n) is 1.70. The second-order valence-electron chi connectivity index (χ2n) is 3.12. The largest absolute Gasteiger partial charge is 0.299 e. The van der Waals surface area contributed by atoms with Crippen LogP contribution in [-0.4, -0.2) is 11.1 Å². The van der Waals surface area contributed by atoms with Crippen LogP contribution in [0.15, 0.2) is 0 Å². The molecule has 2 heteroatoms. The van der Waals surface area contributed by atoms with Crippen molar-refractivity contribution < 1.29 is 4.79 Å². The molecule has 0 unspecified atom stereocenters. The van der Waals surface area contributed by atoms with Crippen LogP contribution in [0.3, 0.4) is 0 Å². The molecule has 0 amide bonds. The maximum absolute atomic E-state index is 11.1. The highest BCUT2D eigenvalue weighted by Crippen LogP contribution is 2.06. The predicted molar refractivity (Wildman–Crippen MR) is 52.1 cm³/mol. The highest BCUT2D eigenvalue weighted by atomic mass is 79.9. The Hall–Kier alpha value is 0.150. The summed E-state index contributed by atoms with van der Waals surface area (Å²) in [6.45, 7) is 3.93. The molecule has 0 spiro atoms. The van der Waals surface area contributed by atoms with Crippen molar-refractivity contribution in [2.45, 2.75) is 39.5 Å². The van der Waals surface area contributed by atoms with Crippen LogP contribution in [0.25, 0.3) is 0 Å². The first-order valence-electron chi connectivity index (χ1n) is 4.27. The fourth-order valence-electron chi connectivity index (χ4n) is 0.859. The van der Waals surface area contributed by atoms with Crippen LogP contribution >= 0.6 is 15.9 Å². The highest BCUT2D eigenvalue weighted by Gasteiger charge is 2.05. The minimum atomic E-state index is 0.221. The lowest BCUT2D eigenvalue weighted by atomic mass is 10.0. The van der Waals surface area contributed by atoms with Gasteiger partial charge in [0.2, 0.25) is 0 Å². The maximum Gasteiger partial charge on any atom is 0.135 e. The van der Waals surface area contributed by atoms with E-state index in [1.807, 2.05) is 13.8 Å². The van der Waals surface area contributed by atoms with Crippen LogP contribution in [0.4, 0.5) is 0 Å². The molecule has 0 bridgehead atoms. The summed E-state index contributed by atoms with van der Waals surface area (Å²) in [6, 6.07) is 0. The summed E-state index contributed by atoms with van der Waals surface area (Å²) in [5.74, 6) is 0.624. The van der Waals surface area contributed by atoms with Crippen LogP contribution in [-0.2, 0) is 4.79 Å². The zero-order chi connectivity index (χ0) is 8.69. The van der Waals surface area contributed by atoms with Gasteiger partial charge in [-0.15, -0.1) is 0 Å². The third kappa shape index (κ3) is 6.54. The van der Waals surface area contributed by atoms with Crippen molar-refractivity contribution in [1.82, 2.24) is 0 Å². The first-order chi connectivity index (χ1) is 5.18. The van der Waals surface area contributed by atoms with Gasteiger partial charge in [-0.2, -0.15) is 0 Å². The van der Waals surface area contributed by atoms with E-state index < -0.39 is 0 Å². The third-order valence-corrected chi connectivity index (χ3v) is 2.26. The van der Waals surface area contributed by atoms with E-state index in [0.29, 0.717) is 5.78 Å². The Labute approximate surface area is 77.7 Å². The van der Waals surface area contributed by atoms with Gasteiger partial charge in [0.1, 0.15) is 5.78 Å². The van der Waals surface area contributed by atoms with E-state index in [1.165, 1.54) is 12.8 Å². The number of alkyl halides is 1. The second kappa shape index (κ2) is 6.84. The molecule has 0 aliphatic heterocycles. The van der Waals surface area contributed by atoms with E-state index >= 15 is 0 Å².